The van der Waals surface area contributed by atoms with E-state index >= 15 is 0 Å². The van der Waals surface area contributed by atoms with Crippen LogP contribution in [0.2, 0.25) is 10.0 Å². The first-order chi connectivity index (χ1) is 14.7. The molecule has 1 aromatic rings. The maximum Gasteiger partial charge on any atom is 0.716 e. The second-order valence-electron chi connectivity index (χ2n) is 9.04. The molecule has 0 aliphatic carbocycles. The van der Waals surface area contributed by atoms with E-state index in [1.165, 1.54) is 12.1 Å². The van der Waals surface area contributed by atoms with Crippen LogP contribution in [-0.2, 0) is 23.6 Å². The van der Waals surface area contributed by atoms with E-state index in [-0.39, 0.29) is 23.0 Å². The molecule has 1 heterocycles. The molecule has 0 unspecified atom stereocenters. The Balaban J connectivity index is 1.96. The topological polar surface area (TPSA) is 103 Å². The Bertz CT molecular complexity index is 862. The molecule has 1 aromatic carbocycles. The highest BCUT2D eigenvalue weighted by Gasteiger charge is 2.55. The highest BCUT2D eigenvalue weighted by molar-refractivity contribution is 6.40. The van der Waals surface area contributed by atoms with Crippen LogP contribution in [0.15, 0.2) is 18.2 Å². The van der Waals surface area contributed by atoms with Crippen LogP contribution in [0.25, 0.3) is 0 Å². The number of carbonyl (C=O) groups excluding carboxylic acids is 3. The highest BCUT2D eigenvalue weighted by Crippen LogP contribution is 2.37. The zero-order valence-corrected chi connectivity index (χ0v) is 20.6. The van der Waals surface area contributed by atoms with E-state index < -0.39 is 42.3 Å². The lowest BCUT2D eigenvalue weighted by molar-refractivity contribution is -0.142. The summed E-state index contributed by atoms with van der Waals surface area (Å²) < 4.78 is 16.7. The number of rotatable bonds is 8. The van der Waals surface area contributed by atoms with Crippen LogP contribution >= 0.6 is 23.2 Å². The van der Waals surface area contributed by atoms with E-state index in [1.807, 2.05) is 41.5 Å². The van der Waals surface area contributed by atoms with Crippen molar-refractivity contribution in [3.63, 3.8) is 0 Å². The highest BCUT2D eigenvalue weighted by atomic mass is 35.5. The molecule has 8 nitrogen and oxygen atoms in total. The van der Waals surface area contributed by atoms with Crippen molar-refractivity contribution in [2.75, 3.05) is 6.54 Å². The SMILES string of the molecule is CC(C)C[C@@H](NC(=O)CNC(=O)c1cc(Cl)ccc1Cl)C(=O)OB1OC(C)(C)C(C)(C)O1. The molecular weight excluding hydrogens is 458 g/mol. The van der Waals surface area contributed by atoms with Crippen molar-refractivity contribution in [1.82, 2.24) is 10.6 Å². The molecule has 2 amide bonds. The normalized spacial score (nSPS) is 17.7. The van der Waals surface area contributed by atoms with Crippen molar-refractivity contribution in [2.45, 2.75) is 65.2 Å². The maximum atomic E-state index is 12.7. The Hall–Kier alpha value is -1.81. The third-order valence-electron chi connectivity index (χ3n) is 5.35. The van der Waals surface area contributed by atoms with Gasteiger partial charge in [0.15, 0.2) is 0 Å². The summed E-state index contributed by atoms with van der Waals surface area (Å²) in [6, 6.07) is 3.51. The summed E-state index contributed by atoms with van der Waals surface area (Å²) in [5.74, 6) is -1.72. The van der Waals surface area contributed by atoms with Gasteiger partial charge >= 0.3 is 13.3 Å². The van der Waals surface area contributed by atoms with Crippen LogP contribution < -0.4 is 10.6 Å². The zero-order chi connectivity index (χ0) is 24.3. The Morgan fingerprint density at radius 1 is 1.09 bits per heavy atom. The van der Waals surface area contributed by atoms with Gasteiger partial charge in [-0.1, -0.05) is 37.0 Å². The zero-order valence-electron chi connectivity index (χ0n) is 19.1. The van der Waals surface area contributed by atoms with Crippen molar-refractivity contribution in [3.8, 4) is 0 Å². The molecule has 11 heteroatoms. The molecule has 2 N–H and O–H groups in total. The van der Waals surface area contributed by atoms with E-state index in [9.17, 15) is 14.4 Å². The van der Waals surface area contributed by atoms with Gasteiger partial charge in [-0.15, -0.1) is 0 Å². The fraction of sp³-hybridized carbons (Fsp3) is 0.571. The van der Waals surface area contributed by atoms with Gasteiger partial charge < -0.3 is 24.6 Å². The summed E-state index contributed by atoms with van der Waals surface area (Å²) in [5, 5.41) is 5.61. The minimum absolute atomic E-state index is 0.0889. The third-order valence-corrected chi connectivity index (χ3v) is 5.92. The second kappa shape index (κ2) is 10.4. The summed E-state index contributed by atoms with van der Waals surface area (Å²) in [7, 11) is -1.18. The number of amides is 2. The predicted molar refractivity (Wildman–Crippen MR) is 122 cm³/mol. The van der Waals surface area contributed by atoms with Gasteiger partial charge in [0.1, 0.15) is 6.04 Å². The average molecular weight is 487 g/mol. The number of nitrogens with one attached hydrogen (secondary N) is 2. The quantitative estimate of drug-likeness (QED) is 0.546. The van der Waals surface area contributed by atoms with Gasteiger partial charge in [-0.2, -0.15) is 0 Å². The van der Waals surface area contributed by atoms with Crippen LogP contribution in [0, 0.1) is 5.92 Å². The smallest absolute Gasteiger partial charge is 0.483 e. The molecule has 32 heavy (non-hydrogen) atoms. The molecule has 1 atom stereocenters. The average Bonchev–Trinajstić information content (AvgIpc) is 2.86. The van der Waals surface area contributed by atoms with Crippen molar-refractivity contribution in [1.29, 1.82) is 0 Å². The fourth-order valence-corrected chi connectivity index (χ4v) is 3.25. The molecule has 1 aliphatic heterocycles. The summed E-state index contributed by atoms with van der Waals surface area (Å²) in [6.07, 6.45) is 0.331. The lowest BCUT2D eigenvalue weighted by Crippen LogP contribution is -2.48. The van der Waals surface area contributed by atoms with Crippen molar-refractivity contribution >= 4 is 48.3 Å². The van der Waals surface area contributed by atoms with Crippen LogP contribution in [0.3, 0.4) is 0 Å². The monoisotopic (exact) mass is 486 g/mol. The number of hydrogen-bond donors (Lipinski definition) is 2. The van der Waals surface area contributed by atoms with Gasteiger partial charge in [0.2, 0.25) is 5.91 Å². The van der Waals surface area contributed by atoms with Crippen molar-refractivity contribution in [3.05, 3.63) is 33.8 Å². The van der Waals surface area contributed by atoms with Gasteiger partial charge in [0.05, 0.1) is 28.3 Å². The number of halogens is 2. The summed E-state index contributed by atoms with van der Waals surface area (Å²) in [6.45, 7) is 10.8. The lowest BCUT2D eigenvalue weighted by atomic mass is 9.90. The number of hydrogen-bond acceptors (Lipinski definition) is 6. The van der Waals surface area contributed by atoms with Crippen LogP contribution in [0.1, 0.15) is 58.3 Å². The van der Waals surface area contributed by atoms with Gasteiger partial charge in [-0.05, 0) is 58.2 Å². The Morgan fingerprint density at radius 3 is 2.25 bits per heavy atom. The molecule has 176 valence electrons. The Morgan fingerprint density at radius 2 is 1.69 bits per heavy atom. The van der Waals surface area contributed by atoms with Gasteiger partial charge in [-0.3, -0.25) is 14.4 Å². The lowest BCUT2D eigenvalue weighted by Gasteiger charge is -2.31. The van der Waals surface area contributed by atoms with Gasteiger partial charge in [-0.25, -0.2) is 0 Å². The van der Waals surface area contributed by atoms with Crippen LogP contribution in [0.4, 0.5) is 0 Å². The molecule has 0 aromatic heterocycles. The molecule has 1 saturated heterocycles. The standard InChI is InChI=1S/C21H29BCl2N2O6/c1-12(2)9-16(19(29)30-22-31-20(3,4)21(5,6)32-22)26-17(27)11-25-18(28)14-10-13(23)7-8-15(14)24/h7-8,10,12,16H,9,11H2,1-6H3,(H,25,28)(H,26,27)/t16-/m1/s1. The van der Waals surface area contributed by atoms with E-state index in [1.54, 1.807) is 6.07 Å². The van der Waals surface area contributed by atoms with Crippen LogP contribution in [-0.4, -0.2) is 48.9 Å². The first kappa shape index (κ1) is 26.4. The minimum atomic E-state index is -1.18. The summed E-state index contributed by atoms with van der Waals surface area (Å²) in [5.41, 5.74) is -1.19. The summed E-state index contributed by atoms with van der Waals surface area (Å²) in [4.78, 5) is 37.4. The molecular formula is C21H29BCl2N2O6. The predicted octanol–water partition coefficient (Wildman–Crippen LogP) is 3.39. The molecule has 0 bridgehead atoms. The minimum Gasteiger partial charge on any atom is -0.483 e. The second-order valence-corrected chi connectivity index (χ2v) is 9.88. The molecule has 0 radical (unpaired) electrons. The number of benzene rings is 1. The van der Waals surface area contributed by atoms with E-state index in [4.69, 9.17) is 37.2 Å². The van der Waals surface area contributed by atoms with E-state index in [2.05, 4.69) is 10.6 Å². The Kier molecular flexibility index (Phi) is 8.61. The Labute approximate surface area is 198 Å². The molecule has 0 saturated carbocycles. The van der Waals surface area contributed by atoms with Crippen molar-refractivity contribution < 1.29 is 28.3 Å². The largest absolute Gasteiger partial charge is 0.716 e. The fourth-order valence-electron chi connectivity index (χ4n) is 2.87. The van der Waals surface area contributed by atoms with E-state index in [0.717, 1.165) is 0 Å². The summed E-state index contributed by atoms with van der Waals surface area (Å²) >= 11 is 11.9. The first-order valence-electron chi connectivity index (χ1n) is 10.3. The van der Waals surface area contributed by atoms with Gasteiger partial charge in [0.25, 0.3) is 5.91 Å². The molecule has 1 aliphatic rings. The van der Waals surface area contributed by atoms with E-state index in [0.29, 0.717) is 11.4 Å². The number of carbonyl (C=O) groups is 3. The molecule has 1 fully saturated rings. The first-order valence-corrected chi connectivity index (χ1v) is 11.1. The maximum absolute atomic E-state index is 12.7. The van der Waals surface area contributed by atoms with Crippen molar-refractivity contribution in [2.24, 2.45) is 5.92 Å². The molecule has 0 spiro atoms. The third kappa shape index (κ3) is 6.84. The van der Waals surface area contributed by atoms with Crippen LogP contribution in [0.5, 0.6) is 0 Å². The molecule has 2 rings (SSSR count). The van der Waals surface area contributed by atoms with Gasteiger partial charge in [0, 0.05) is 5.02 Å².